The van der Waals surface area contributed by atoms with Crippen LogP contribution in [0.4, 0.5) is 23.4 Å². The van der Waals surface area contributed by atoms with Crippen molar-refractivity contribution < 1.29 is 22.4 Å². The van der Waals surface area contributed by atoms with E-state index in [-0.39, 0.29) is 18.3 Å². The fraction of sp³-hybridized carbons (Fsp3) is 0.455. The van der Waals surface area contributed by atoms with E-state index in [9.17, 15) is 22.4 Å². The standard InChI is InChI=1S/C22H26F4N4OS/c1-3-32-21-19(20(31)27-13-16-5-4-6-17(23)12-16)15(2)11-18(28-21)30-9-7-29(8-10-30)14-22(24,25)26/h4-6,11-12H,3,7-10,13-14H2,1-2H3,(H,27,31). The van der Waals surface area contributed by atoms with Crippen LogP contribution in [0.15, 0.2) is 35.4 Å². The van der Waals surface area contributed by atoms with Crippen molar-refractivity contribution >= 4 is 23.5 Å². The summed E-state index contributed by atoms with van der Waals surface area (Å²) in [4.78, 5) is 20.9. The molecule has 1 fully saturated rings. The minimum absolute atomic E-state index is 0.190. The summed E-state index contributed by atoms with van der Waals surface area (Å²) in [6, 6.07) is 7.84. The van der Waals surface area contributed by atoms with E-state index in [4.69, 9.17) is 0 Å². The molecule has 0 atom stereocenters. The van der Waals surface area contributed by atoms with E-state index in [1.54, 1.807) is 18.2 Å². The third-order valence-electron chi connectivity index (χ3n) is 5.12. The van der Waals surface area contributed by atoms with E-state index in [2.05, 4.69) is 10.3 Å². The topological polar surface area (TPSA) is 48.5 Å². The molecule has 1 saturated heterocycles. The quantitative estimate of drug-likeness (QED) is 0.484. The van der Waals surface area contributed by atoms with E-state index in [1.165, 1.54) is 28.8 Å². The van der Waals surface area contributed by atoms with E-state index in [0.29, 0.717) is 53.9 Å². The molecule has 3 rings (SSSR count). The van der Waals surface area contributed by atoms with Gasteiger partial charge in [0.1, 0.15) is 16.7 Å². The molecule has 10 heteroatoms. The summed E-state index contributed by atoms with van der Waals surface area (Å²) in [5.41, 5.74) is 1.86. The number of halogens is 4. The van der Waals surface area contributed by atoms with Gasteiger partial charge in [-0.1, -0.05) is 19.1 Å². The van der Waals surface area contributed by atoms with Crippen molar-refractivity contribution in [3.8, 4) is 0 Å². The number of amides is 1. The number of thioether (sulfide) groups is 1. The molecule has 1 amide bonds. The molecule has 0 unspecified atom stereocenters. The fourth-order valence-corrected chi connectivity index (χ4v) is 4.44. The average Bonchev–Trinajstić information content (AvgIpc) is 2.71. The lowest BCUT2D eigenvalue weighted by molar-refractivity contribution is -0.146. The number of rotatable bonds is 7. The lowest BCUT2D eigenvalue weighted by atomic mass is 10.1. The van der Waals surface area contributed by atoms with Gasteiger partial charge in [-0.25, -0.2) is 9.37 Å². The van der Waals surface area contributed by atoms with Gasteiger partial charge in [-0.15, -0.1) is 11.8 Å². The zero-order valence-electron chi connectivity index (χ0n) is 18.0. The zero-order valence-corrected chi connectivity index (χ0v) is 18.8. The van der Waals surface area contributed by atoms with Crippen molar-refractivity contribution in [2.75, 3.05) is 43.4 Å². The van der Waals surface area contributed by atoms with Crippen LogP contribution < -0.4 is 10.2 Å². The lowest BCUT2D eigenvalue weighted by Gasteiger charge is -2.36. The number of piperazine rings is 1. The zero-order chi connectivity index (χ0) is 23.3. The van der Waals surface area contributed by atoms with Crippen LogP contribution in [0.5, 0.6) is 0 Å². The first-order valence-corrected chi connectivity index (χ1v) is 11.4. The molecule has 0 aliphatic carbocycles. The number of aryl methyl sites for hydroxylation is 1. The molecule has 2 heterocycles. The Morgan fingerprint density at radius 1 is 1.19 bits per heavy atom. The number of anilines is 1. The van der Waals surface area contributed by atoms with Crippen LogP contribution in [0.1, 0.15) is 28.4 Å². The van der Waals surface area contributed by atoms with E-state index in [1.807, 2.05) is 18.7 Å². The summed E-state index contributed by atoms with van der Waals surface area (Å²) in [7, 11) is 0. The number of carbonyl (C=O) groups excluding carboxylic acids is 1. The summed E-state index contributed by atoms with van der Waals surface area (Å²) in [5.74, 6) is 0.708. The highest BCUT2D eigenvalue weighted by Gasteiger charge is 2.32. The van der Waals surface area contributed by atoms with Crippen molar-refractivity contribution in [1.82, 2.24) is 15.2 Å². The largest absolute Gasteiger partial charge is 0.401 e. The molecular weight excluding hydrogens is 444 g/mol. The average molecular weight is 471 g/mol. The molecule has 32 heavy (non-hydrogen) atoms. The number of aromatic nitrogens is 1. The molecule has 0 saturated carbocycles. The number of hydrogen-bond acceptors (Lipinski definition) is 5. The molecule has 5 nitrogen and oxygen atoms in total. The number of carbonyl (C=O) groups is 1. The second-order valence-electron chi connectivity index (χ2n) is 7.60. The molecule has 1 aromatic carbocycles. The highest BCUT2D eigenvalue weighted by Crippen LogP contribution is 2.28. The van der Waals surface area contributed by atoms with Gasteiger partial charge in [0.15, 0.2) is 0 Å². The Morgan fingerprint density at radius 3 is 2.53 bits per heavy atom. The second-order valence-corrected chi connectivity index (χ2v) is 8.85. The smallest absolute Gasteiger partial charge is 0.354 e. The van der Waals surface area contributed by atoms with E-state index in [0.717, 1.165) is 5.56 Å². The number of hydrogen-bond donors (Lipinski definition) is 1. The van der Waals surface area contributed by atoms with Crippen molar-refractivity contribution in [2.24, 2.45) is 0 Å². The number of alkyl halides is 3. The summed E-state index contributed by atoms with van der Waals surface area (Å²) in [6.45, 7) is 4.52. The Bertz CT molecular complexity index is 946. The van der Waals surface area contributed by atoms with Crippen molar-refractivity contribution in [2.45, 2.75) is 31.6 Å². The predicted molar refractivity (Wildman–Crippen MR) is 118 cm³/mol. The monoisotopic (exact) mass is 470 g/mol. The van der Waals surface area contributed by atoms with Crippen LogP contribution in [0.25, 0.3) is 0 Å². The Labute approximate surface area is 189 Å². The SMILES string of the molecule is CCSc1nc(N2CCN(CC(F)(F)F)CC2)cc(C)c1C(=O)NCc1cccc(F)c1. The maximum Gasteiger partial charge on any atom is 0.401 e. The summed E-state index contributed by atoms with van der Waals surface area (Å²) in [6.07, 6.45) is -4.21. The Morgan fingerprint density at radius 2 is 1.91 bits per heavy atom. The molecular formula is C22H26F4N4OS. The minimum Gasteiger partial charge on any atom is -0.354 e. The molecule has 1 aliphatic rings. The van der Waals surface area contributed by atoms with Crippen LogP contribution in [0.3, 0.4) is 0 Å². The summed E-state index contributed by atoms with van der Waals surface area (Å²) < 4.78 is 51.3. The molecule has 0 bridgehead atoms. The summed E-state index contributed by atoms with van der Waals surface area (Å²) >= 11 is 1.44. The molecule has 0 radical (unpaired) electrons. The van der Waals surface area contributed by atoms with E-state index >= 15 is 0 Å². The number of nitrogens with one attached hydrogen (secondary N) is 1. The van der Waals surface area contributed by atoms with Gasteiger partial charge in [0.2, 0.25) is 0 Å². The van der Waals surface area contributed by atoms with Crippen molar-refractivity contribution in [1.29, 1.82) is 0 Å². The van der Waals surface area contributed by atoms with Crippen molar-refractivity contribution in [3.63, 3.8) is 0 Å². The van der Waals surface area contributed by atoms with Gasteiger partial charge < -0.3 is 10.2 Å². The van der Waals surface area contributed by atoms with Gasteiger partial charge in [0.25, 0.3) is 5.91 Å². The van der Waals surface area contributed by atoms with Crippen LogP contribution in [-0.2, 0) is 6.54 Å². The number of nitrogens with zero attached hydrogens (tertiary/aromatic N) is 3. The highest BCUT2D eigenvalue weighted by atomic mass is 32.2. The second kappa shape index (κ2) is 10.5. The van der Waals surface area contributed by atoms with Crippen LogP contribution in [0.2, 0.25) is 0 Å². The Balaban J connectivity index is 1.72. The van der Waals surface area contributed by atoms with Crippen LogP contribution in [0, 0.1) is 12.7 Å². The molecule has 0 spiro atoms. The Hall–Kier alpha value is -2.33. The van der Waals surface area contributed by atoms with Gasteiger partial charge in [0.05, 0.1) is 12.1 Å². The first-order chi connectivity index (χ1) is 15.2. The van der Waals surface area contributed by atoms with Gasteiger partial charge >= 0.3 is 6.18 Å². The van der Waals surface area contributed by atoms with E-state index < -0.39 is 12.7 Å². The third-order valence-corrected chi connectivity index (χ3v) is 5.98. The van der Waals surface area contributed by atoms with Gasteiger partial charge in [-0.3, -0.25) is 9.69 Å². The maximum atomic E-state index is 13.4. The predicted octanol–water partition coefficient (Wildman–Crippen LogP) is 4.26. The molecule has 1 N–H and O–H groups in total. The number of benzene rings is 1. The van der Waals surface area contributed by atoms with Gasteiger partial charge in [0, 0.05) is 32.7 Å². The van der Waals surface area contributed by atoms with Crippen LogP contribution >= 0.6 is 11.8 Å². The molecule has 1 aliphatic heterocycles. The summed E-state index contributed by atoms with van der Waals surface area (Å²) in [5, 5.41) is 3.40. The fourth-order valence-electron chi connectivity index (χ4n) is 3.61. The van der Waals surface area contributed by atoms with Crippen LogP contribution in [-0.4, -0.2) is 60.4 Å². The van der Waals surface area contributed by atoms with Crippen molar-refractivity contribution in [3.05, 3.63) is 52.8 Å². The maximum absolute atomic E-state index is 13.4. The number of pyridine rings is 1. The Kier molecular flexibility index (Phi) is 8.00. The minimum atomic E-state index is -4.21. The molecule has 2 aromatic rings. The van der Waals surface area contributed by atoms with Gasteiger partial charge in [-0.2, -0.15) is 13.2 Å². The normalized spacial score (nSPS) is 15.1. The molecule has 1 aromatic heterocycles. The first-order valence-electron chi connectivity index (χ1n) is 10.4. The van der Waals surface area contributed by atoms with Gasteiger partial charge in [-0.05, 0) is 42.0 Å². The lowest BCUT2D eigenvalue weighted by Crippen LogP contribution is -2.49. The third kappa shape index (κ3) is 6.59. The molecule has 174 valence electrons. The highest BCUT2D eigenvalue weighted by molar-refractivity contribution is 7.99. The first kappa shape index (κ1) is 24.3.